The monoisotopic (exact) mass is 269 g/mol. The SMILES string of the molecule is CC(C)CC(CN(C)C)NC(=O)C1NCCCC1C. The number of carbonyl (C=O) groups is 1. The van der Waals surface area contributed by atoms with Crippen LogP contribution in [-0.4, -0.2) is 50.1 Å². The predicted octanol–water partition coefficient (Wildman–Crippen LogP) is 1.47. The van der Waals surface area contributed by atoms with Crippen LogP contribution in [0, 0.1) is 11.8 Å². The number of hydrogen-bond donors (Lipinski definition) is 2. The van der Waals surface area contributed by atoms with Crippen molar-refractivity contribution >= 4 is 5.91 Å². The molecule has 0 aromatic rings. The fourth-order valence-electron chi connectivity index (χ4n) is 2.88. The second-order valence-electron chi connectivity index (χ2n) is 6.65. The van der Waals surface area contributed by atoms with Crippen molar-refractivity contribution in [3.63, 3.8) is 0 Å². The van der Waals surface area contributed by atoms with Gasteiger partial charge >= 0.3 is 0 Å². The Labute approximate surface area is 118 Å². The Bertz CT molecular complexity index is 269. The largest absolute Gasteiger partial charge is 0.351 e. The molecule has 0 radical (unpaired) electrons. The molecule has 1 heterocycles. The van der Waals surface area contributed by atoms with Crippen LogP contribution in [0.5, 0.6) is 0 Å². The second-order valence-corrected chi connectivity index (χ2v) is 6.65. The van der Waals surface area contributed by atoms with E-state index in [1.807, 2.05) is 0 Å². The van der Waals surface area contributed by atoms with Gasteiger partial charge in [0.1, 0.15) is 0 Å². The Morgan fingerprint density at radius 3 is 2.63 bits per heavy atom. The molecule has 1 amide bonds. The van der Waals surface area contributed by atoms with Gasteiger partial charge in [-0.25, -0.2) is 0 Å². The summed E-state index contributed by atoms with van der Waals surface area (Å²) in [4.78, 5) is 14.5. The van der Waals surface area contributed by atoms with E-state index in [1.165, 1.54) is 6.42 Å². The first kappa shape index (κ1) is 16.4. The minimum absolute atomic E-state index is 0.00873. The van der Waals surface area contributed by atoms with Crippen LogP contribution in [0.15, 0.2) is 0 Å². The smallest absolute Gasteiger partial charge is 0.237 e. The van der Waals surface area contributed by atoms with Gasteiger partial charge in [0.25, 0.3) is 0 Å². The van der Waals surface area contributed by atoms with E-state index in [-0.39, 0.29) is 18.0 Å². The number of piperidine rings is 1. The number of carbonyl (C=O) groups excluding carboxylic acids is 1. The standard InChI is InChI=1S/C15H31N3O/c1-11(2)9-13(10-18(4)5)17-15(19)14-12(3)7-6-8-16-14/h11-14,16H,6-10H2,1-5H3,(H,17,19). The van der Waals surface area contributed by atoms with Gasteiger partial charge in [-0.2, -0.15) is 0 Å². The van der Waals surface area contributed by atoms with E-state index >= 15 is 0 Å². The van der Waals surface area contributed by atoms with Crippen LogP contribution >= 0.6 is 0 Å². The van der Waals surface area contributed by atoms with Gasteiger partial charge in [-0.15, -0.1) is 0 Å². The molecule has 3 unspecified atom stereocenters. The lowest BCUT2D eigenvalue weighted by Gasteiger charge is -2.32. The molecule has 0 saturated carbocycles. The third-order valence-electron chi connectivity index (χ3n) is 3.74. The van der Waals surface area contributed by atoms with E-state index in [2.05, 4.69) is 50.4 Å². The number of hydrogen-bond acceptors (Lipinski definition) is 3. The molecule has 1 saturated heterocycles. The van der Waals surface area contributed by atoms with E-state index < -0.39 is 0 Å². The highest BCUT2D eigenvalue weighted by atomic mass is 16.2. The van der Waals surface area contributed by atoms with E-state index in [0.29, 0.717) is 11.8 Å². The van der Waals surface area contributed by atoms with Crippen LogP contribution < -0.4 is 10.6 Å². The molecule has 0 spiro atoms. The molecule has 1 aliphatic rings. The molecule has 0 aromatic heterocycles. The third-order valence-corrected chi connectivity index (χ3v) is 3.74. The van der Waals surface area contributed by atoms with E-state index in [9.17, 15) is 4.79 Å². The van der Waals surface area contributed by atoms with Gasteiger partial charge in [0.15, 0.2) is 0 Å². The Hall–Kier alpha value is -0.610. The van der Waals surface area contributed by atoms with Crippen molar-refractivity contribution in [2.75, 3.05) is 27.2 Å². The van der Waals surface area contributed by atoms with Gasteiger partial charge in [-0.3, -0.25) is 4.79 Å². The van der Waals surface area contributed by atoms with Crippen molar-refractivity contribution in [2.24, 2.45) is 11.8 Å². The lowest BCUT2D eigenvalue weighted by Crippen LogP contribution is -2.54. The summed E-state index contributed by atoms with van der Waals surface area (Å²) >= 11 is 0. The summed E-state index contributed by atoms with van der Waals surface area (Å²) < 4.78 is 0. The maximum absolute atomic E-state index is 12.4. The molecule has 0 aliphatic carbocycles. The van der Waals surface area contributed by atoms with Gasteiger partial charge < -0.3 is 15.5 Å². The number of amides is 1. The van der Waals surface area contributed by atoms with Crippen LogP contribution in [0.3, 0.4) is 0 Å². The summed E-state index contributed by atoms with van der Waals surface area (Å²) in [7, 11) is 4.11. The maximum Gasteiger partial charge on any atom is 0.237 e. The minimum Gasteiger partial charge on any atom is -0.351 e. The molecule has 0 aromatic carbocycles. The highest BCUT2D eigenvalue weighted by molar-refractivity contribution is 5.82. The Morgan fingerprint density at radius 2 is 2.11 bits per heavy atom. The van der Waals surface area contributed by atoms with Gasteiger partial charge in [-0.1, -0.05) is 20.8 Å². The molecule has 4 nitrogen and oxygen atoms in total. The number of nitrogens with one attached hydrogen (secondary N) is 2. The molecular weight excluding hydrogens is 238 g/mol. The first-order valence-corrected chi connectivity index (χ1v) is 7.58. The zero-order valence-corrected chi connectivity index (χ0v) is 13.2. The summed E-state index contributed by atoms with van der Waals surface area (Å²) in [5, 5.41) is 6.59. The van der Waals surface area contributed by atoms with Crippen molar-refractivity contribution in [1.29, 1.82) is 0 Å². The van der Waals surface area contributed by atoms with Crippen LogP contribution in [-0.2, 0) is 4.79 Å². The van der Waals surface area contributed by atoms with Crippen LogP contribution in [0.1, 0.15) is 40.0 Å². The molecule has 1 rings (SSSR count). The van der Waals surface area contributed by atoms with Crippen molar-refractivity contribution < 1.29 is 4.79 Å². The third kappa shape index (κ3) is 5.91. The first-order chi connectivity index (χ1) is 8.90. The van der Waals surface area contributed by atoms with Crippen molar-refractivity contribution in [3.05, 3.63) is 0 Å². The summed E-state index contributed by atoms with van der Waals surface area (Å²) in [5.41, 5.74) is 0. The molecule has 2 N–H and O–H groups in total. The van der Waals surface area contributed by atoms with Gasteiger partial charge in [0.05, 0.1) is 6.04 Å². The lowest BCUT2D eigenvalue weighted by molar-refractivity contribution is -0.125. The maximum atomic E-state index is 12.4. The predicted molar refractivity (Wildman–Crippen MR) is 80.1 cm³/mol. The molecule has 1 fully saturated rings. The zero-order chi connectivity index (χ0) is 14.4. The van der Waals surface area contributed by atoms with Crippen molar-refractivity contribution in [2.45, 2.75) is 52.1 Å². The highest BCUT2D eigenvalue weighted by Gasteiger charge is 2.28. The molecular formula is C15H31N3O. The molecule has 4 heteroatoms. The number of nitrogens with zero attached hydrogens (tertiary/aromatic N) is 1. The Kier molecular flexibility index (Phi) is 6.80. The minimum atomic E-state index is -0.00873. The lowest BCUT2D eigenvalue weighted by atomic mass is 9.91. The molecule has 0 bridgehead atoms. The summed E-state index contributed by atoms with van der Waals surface area (Å²) in [6.45, 7) is 8.45. The van der Waals surface area contributed by atoms with E-state index in [4.69, 9.17) is 0 Å². The van der Waals surface area contributed by atoms with Crippen LogP contribution in [0.4, 0.5) is 0 Å². The number of rotatable bonds is 6. The summed E-state index contributed by atoms with van der Waals surface area (Å²) in [5.74, 6) is 1.22. The topological polar surface area (TPSA) is 44.4 Å². The average Bonchev–Trinajstić information content (AvgIpc) is 2.27. The normalized spacial score (nSPS) is 25.6. The molecule has 112 valence electrons. The highest BCUT2D eigenvalue weighted by Crippen LogP contribution is 2.16. The van der Waals surface area contributed by atoms with Gasteiger partial charge in [0.2, 0.25) is 5.91 Å². The Morgan fingerprint density at radius 1 is 1.42 bits per heavy atom. The second kappa shape index (κ2) is 7.85. The first-order valence-electron chi connectivity index (χ1n) is 7.58. The van der Waals surface area contributed by atoms with Crippen LogP contribution in [0.25, 0.3) is 0 Å². The quantitative estimate of drug-likeness (QED) is 0.767. The van der Waals surface area contributed by atoms with Crippen molar-refractivity contribution in [3.8, 4) is 0 Å². The fourth-order valence-corrected chi connectivity index (χ4v) is 2.88. The van der Waals surface area contributed by atoms with Gasteiger partial charge in [0, 0.05) is 12.6 Å². The molecule has 19 heavy (non-hydrogen) atoms. The summed E-state index contributed by atoms with van der Waals surface area (Å²) in [6, 6.07) is 0.240. The van der Waals surface area contributed by atoms with Crippen LogP contribution in [0.2, 0.25) is 0 Å². The average molecular weight is 269 g/mol. The van der Waals surface area contributed by atoms with Crippen molar-refractivity contribution in [1.82, 2.24) is 15.5 Å². The van der Waals surface area contributed by atoms with E-state index in [0.717, 1.165) is 25.9 Å². The Balaban J connectivity index is 2.53. The fraction of sp³-hybridized carbons (Fsp3) is 0.933. The van der Waals surface area contributed by atoms with E-state index in [1.54, 1.807) is 0 Å². The summed E-state index contributed by atoms with van der Waals surface area (Å²) in [6.07, 6.45) is 3.36. The number of likely N-dealkylation sites (N-methyl/N-ethyl adjacent to an activating group) is 1. The molecule has 1 aliphatic heterocycles. The van der Waals surface area contributed by atoms with Gasteiger partial charge in [-0.05, 0) is 51.7 Å². The zero-order valence-electron chi connectivity index (χ0n) is 13.2. The molecule has 3 atom stereocenters.